The minimum Gasteiger partial charge on any atom is -0.336 e. The fraction of sp³-hybridized carbons (Fsp3) is 0.636. The lowest BCUT2D eigenvalue weighted by Crippen LogP contribution is -2.38. The molecule has 1 aliphatic rings. The van der Waals surface area contributed by atoms with Gasteiger partial charge in [0.2, 0.25) is 5.91 Å². The third-order valence-electron chi connectivity index (χ3n) is 2.77. The summed E-state index contributed by atoms with van der Waals surface area (Å²) in [5.41, 5.74) is 1.81. The van der Waals surface area contributed by atoms with Gasteiger partial charge in [-0.25, -0.2) is 0 Å². The zero-order valence-corrected chi connectivity index (χ0v) is 10.3. The second-order valence-electron chi connectivity index (χ2n) is 4.02. The number of thiazole rings is 1. The number of aromatic nitrogens is 1. The average molecular weight is 239 g/mol. The highest BCUT2D eigenvalue weighted by molar-refractivity contribution is 7.09. The molecule has 1 aromatic rings. The van der Waals surface area contributed by atoms with Gasteiger partial charge in [-0.1, -0.05) is 6.92 Å². The third kappa shape index (κ3) is 2.59. The van der Waals surface area contributed by atoms with Gasteiger partial charge in [-0.2, -0.15) is 0 Å². The Kier molecular flexibility index (Phi) is 3.90. The van der Waals surface area contributed by atoms with Gasteiger partial charge in [0.05, 0.1) is 18.1 Å². The summed E-state index contributed by atoms with van der Waals surface area (Å²) in [5.74, 6) is 0.238. The number of hydrogen-bond acceptors (Lipinski definition) is 4. The summed E-state index contributed by atoms with van der Waals surface area (Å²) in [4.78, 5) is 19.1. The summed E-state index contributed by atoms with van der Waals surface area (Å²) in [6, 6.07) is 0.0351. The molecule has 1 aromatic heterocycles. The van der Waals surface area contributed by atoms with Crippen molar-refractivity contribution in [1.29, 1.82) is 0 Å². The Morgan fingerprint density at radius 1 is 1.69 bits per heavy atom. The monoisotopic (exact) mass is 239 g/mol. The van der Waals surface area contributed by atoms with Crippen LogP contribution in [-0.2, 0) is 11.3 Å². The molecule has 0 saturated carbocycles. The first-order valence-electron chi connectivity index (χ1n) is 5.70. The van der Waals surface area contributed by atoms with Crippen molar-refractivity contribution in [2.24, 2.45) is 0 Å². The molecule has 1 atom stereocenters. The van der Waals surface area contributed by atoms with Crippen molar-refractivity contribution in [2.45, 2.75) is 32.4 Å². The van der Waals surface area contributed by atoms with Crippen LogP contribution in [0.3, 0.4) is 0 Å². The van der Waals surface area contributed by atoms with Crippen molar-refractivity contribution < 1.29 is 4.79 Å². The number of rotatable bonds is 5. The van der Waals surface area contributed by atoms with Crippen molar-refractivity contribution in [1.82, 2.24) is 15.2 Å². The molecule has 1 unspecified atom stereocenters. The van der Waals surface area contributed by atoms with Gasteiger partial charge >= 0.3 is 0 Å². The first kappa shape index (κ1) is 11.5. The van der Waals surface area contributed by atoms with Crippen LogP contribution in [0, 0.1) is 0 Å². The topological polar surface area (TPSA) is 45.2 Å². The molecule has 2 rings (SSSR count). The van der Waals surface area contributed by atoms with Crippen LogP contribution in [0.5, 0.6) is 0 Å². The molecule has 0 aliphatic carbocycles. The Balaban J connectivity index is 1.87. The van der Waals surface area contributed by atoms with E-state index in [0.29, 0.717) is 6.54 Å². The SMILES string of the molecule is CCCNC1CCN(Cc2cncs2)C1=O. The van der Waals surface area contributed by atoms with Crippen LogP contribution < -0.4 is 5.32 Å². The maximum atomic E-state index is 12.0. The minimum atomic E-state index is 0.0351. The zero-order valence-electron chi connectivity index (χ0n) is 9.48. The van der Waals surface area contributed by atoms with E-state index in [1.165, 1.54) is 0 Å². The van der Waals surface area contributed by atoms with E-state index in [2.05, 4.69) is 17.2 Å². The zero-order chi connectivity index (χ0) is 11.4. The molecule has 0 radical (unpaired) electrons. The van der Waals surface area contributed by atoms with Gasteiger partial charge in [-0.3, -0.25) is 9.78 Å². The van der Waals surface area contributed by atoms with E-state index < -0.39 is 0 Å². The van der Waals surface area contributed by atoms with Crippen molar-refractivity contribution in [3.63, 3.8) is 0 Å². The number of nitrogens with one attached hydrogen (secondary N) is 1. The summed E-state index contributed by atoms with van der Waals surface area (Å²) < 4.78 is 0. The first-order valence-corrected chi connectivity index (χ1v) is 6.58. The van der Waals surface area contributed by atoms with E-state index >= 15 is 0 Å². The maximum Gasteiger partial charge on any atom is 0.240 e. The summed E-state index contributed by atoms with van der Waals surface area (Å²) in [6.07, 6.45) is 3.83. The van der Waals surface area contributed by atoms with Gasteiger partial charge in [-0.15, -0.1) is 11.3 Å². The van der Waals surface area contributed by atoms with Crippen molar-refractivity contribution >= 4 is 17.2 Å². The van der Waals surface area contributed by atoms with Crippen LogP contribution in [0.2, 0.25) is 0 Å². The van der Waals surface area contributed by atoms with Crippen LogP contribution >= 0.6 is 11.3 Å². The summed E-state index contributed by atoms with van der Waals surface area (Å²) in [7, 11) is 0. The lowest BCUT2D eigenvalue weighted by Gasteiger charge is -2.15. The average Bonchev–Trinajstić information content (AvgIpc) is 2.89. The molecule has 1 aliphatic heterocycles. The molecule has 1 N–H and O–H groups in total. The van der Waals surface area contributed by atoms with Gasteiger partial charge in [0.1, 0.15) is 0 Å². The van der Waals surface area contributed by atoms with Crippen molar-refractivity contribution in [3.8, 4) is 0 Å². The molecule has 1 amide bonds. The van der Waals surface area contributed by atoms with Crippen molar-refractivity contribution in [2.75, 3.05) is 13.1 Å². The molecule has 0 bridgehead atoms. The predicted octanol–water partition coefficient (Wildman–Crippen LogP) is 1.24. The van der Waals surface area contributed by atoms with Crippen LogP contribution in [0.4, 0.5) is 0 Å². The summed E-state index contributed by atoms with van der Waals surface area (Å²) in [6.45, 7) is 4.61. The highest BCUT2D eigenvalue weighted by Crippen LogP contribution is 2.16. The number of carbonyl (C=O) groups is 1. The van der Waals surface area contributed by atoms with Gasteiger partial charge in [0.15, 0.2) is 0 Å². The summed E-state index contributed by atoms with van der Waals surface area (Å²) >= 11 is 1.61. The Bertz CT molecular complexity index is 339. The van der Waals surface area contributed by atoms with Gasteiger partial charge in [0, 0.05) is 17.6 Å². The molecule has 0 spiro atoms. The quantitative estimate of drug-likeness (QED) is 0.841. The van der Waals surface area contributed by atoms with Gasteiger partial charge in [-0.05, 0) is 19.4 Å². The lowest BCUT2D eigenvalue weighted by molar-refractivity contribution is -0.129. The number of hydrogen-bond donors (Lipinski definition) is 1. The van der Waals surface area contributed by atoms with E-state index in [9.17, 15) is 4.79 Å². The Morgan fingerprint density at radius 2 is 2.56 bits per heavy atom. The number of likely N-dealkylation sites (tertiary alicyclic amines) is 1. The molecular weight excluding hydrogens is 222 g/mol. The highest BCUT2D eigenvalue weighted by Gasteiger charge is 2.30. The smallest absolute Gasteiger partial charge is 0.240 e. The second kappa shape index (κ2) is 5.41. The number of carbonyl (C=O) groups excluding carboxylic acids is 1. The normalized spacial score (nSPS) is 20.7. The van der Waals surface area contributed by atoms with E-state index in [1.54, 1.807) is 11.3 Å². The highest BCUT2D eigenvalue weighted by atomic mass is 32.1. The van der Waals surface area contributed by atoms with Crippen LogP contribution in [0.1, 0.15) is 24.6 Å². The molecule has 5 heteroatoms. The van der Waals surface area contributed by atoms with Crippen LogP contribution in [0.15, 0.2) is 11.7 Å². The predicted molar refractivity (Wildman–Crippen MR) is 64.2 cm³/mol. The summed E-state index contributed by atoms with van der Waals surface area (Å²) in [5, 5.41) is 3.29. The van der Waals surface area contributed by atoms with Gasteiger partial charge < -0.3 is 10.2 Å². The molecular formula is C11H17N3OS. The molecule has 1 fully saturated rings. The molecule has 88 valence electrons. The standard InChI is InChI=1S/C11H17N3OS/c1-2-4-13-10-3-5-14(11(10)15)7-9-6-12-8-16-9/h6,8,10,13H,2-5,7H2,1H3. The van der Waals surface area contributed by atoms with Crippen molar-refractivity contribution in [3.05, 3.63) is 16.6 Å². The molecule has 0 aromatic carbocycles. The minimum absolute atomic E-state index is 0.0351. The fourth-order valence-corrected chi connectivity index (χ4v) is 2.52. The Hall–Kier alpha value is -0.940. The second-order valence-corrected chi connectivity index (χ2v) is 4.99. The molecule has 16 heavy (non-hydrogen) atoms. The number of amides is 1. The molecule has 2 heterocycles. The van der Waals surface area contributed by atoms with E-state index in [4.69, 9.17) is 0 Å². The van der Waals surface area contributed by atoms with E-state index in [1.807, 2.05) is 16.6 Å². The largest absolute Gasteiger partial charge is 0.336 e. The Labute approximate surface area is 99.7 Å². The van der Waals surface area contributed by atoms with E-state index in [-0.39, 0.29) is 11.9 Å². The molecule has 1 saturated heterocycles. The Morgan fingerprint density at radius 3 is 3.25 bits per heavy atom. The maximum absolute atomic E-state index is 12.0. The first-order chi connectivity index (χ1) is 7.81. The third-order valence-corrected chi connectivity index (χ3v) is 3.53. The fourth-order valence-electron chi connectivity index (χ4n) is 1.91. The van der Waals surface area contributed by atoms with E-state index in [0.717, 1.165) is 30.8 Å². The molecule has 4 nitrogen and oxygen atoms in total. The van der Waals surface area contributed by atoms with Crippen LogP contribution in [0.25, 0.3) is 0 Å². The lowest BCUT2D eigenvalue weighted by atomic mass is 10.2. The van der Waals surface area contributed by atoms with Gasteiger partial charge in [0.25, 0.3) is 0 Å². The van der Waals surface area contributed by atoms with Crippen LogP contribution in [-0.4, -0.2) is 34.9 Å². The number of nitrogens with zero attached hydrogens (tertiary/aromatic N) is 2.